The molecule has 3 nitrogen and oxygen atoms in total. The van der Waals surface area contributed by atoms with Gasteiger partial charge in [0, 0.05) is 19.5 Å². The van der Waals surface area contributed by atoms with E-state index in [4.69, 9.17) is 0 Å². The number of benzene rings is 2. The zero-order valence-electron chi connectivity index (χ0n) is 14.1. The van der Waals surface area contributed by atoms with E-state index < -0.39 is 0 Å². The topological polar surface area (TPSA) is 32.7 Å². The number of fused-ring (bicyclic) bond motifs is 1. The molecule has 2 aromatic rings. The molecule has 0 aromatic heterocycles. The largest absolute Gasteiger partial charge is 0.365 e. The van der Waals surface area contributed by atoms with Gasteiger partial charge in [-0.15, -0.1) is 0 Å². The van der Waals surface area contributed by atoms with E-state index in [9.17, 15) is 4.79 Å². The van der Waals surface area contributed by atoms with Crippen molar-refractivity contribution in [2.24, 2.45) is 4.99 Å². The Morgan fingerprint density at radius 2 is 1.57 bits per heavy atom. The first-order chi connectivity index (χ1) is 10.9. The Morgan fingerprint density at radius 1 is 0.957 bits per heavy atom. The van der Waals surface area contributed by atoms with E-state index in [1.165, 1.54) is 0 Å². The summed E-state index contributed by atoms with van der Waals surface area (Å²) in [6.45, 7) is 4.26. The van der Waals surface area contributed by atoms with Crippen LogP contribution in [0.2, 0.25) is 0 Å². The van der Waals surface area contributed by atoms with Crippen molar-refractivity contribution in [2.75, 3.05) is 14.1 Å². The molecule has 1 heterocycles. The second kappa shape index (κ2) is 5.65. The summed E-state index contributed by atoms with van der Waals surface area (Å²) in [5.41, 5.74) is 2.88. The molecule has 0 radical (unpaired) electrons. The molecule has 1 unspecified atom stereocenters. The number of aliphatic imine (C=N–C) groups is 1. The van der Waals surface area contributed by atoms with Gasteiger partial charge in [0.05, 0.1) is 5.92 Å². The normalized spacial score (nSPS) is 19.6. The first-order valence-electron chi connectivity index (χ1n) is 7.87. The van der Waals surface area contributed by atoms with Crippen LogP contribution in [0.3, 0.4) is 0 Å². The lowest BCUT2D eigenvalue weighted by atomic mass is 9.77. The van der Waals surface area contributed by atoms with Gasteiger partial charge in [0.25, 0.3) is 5.91 Å². The van der Waals surface area contributed by atoms with Gasteiger partial charge in [-0.25, -0.2) is 0 Å². The van der Waals surface area contributed by atoms with Gasteiger partial charge in [-0.2, -0.15) is 4.99 Å². The summed E-state index contributed by atoms with van der Waals surface area (Å²) in [5, 5.41) is 0. The molecule has 0 aliphatic carbocycles. The van der Waals surface area contributed by atoms with Gasteiger partial charge in [-0.1, -0.05) is 54.6 Å². The van der Waals surface area contributed by atoms with Crippen LogP contribution in [0.4, 0.5) is 0 Å². The molecule has 0 bridgehead atoms. The fourth-order valence-corrected chi connectivity index (χ4v) is 3.51. The molecule has 0 spiro atoms. The van der Waals surface area contributed by atoms with Crippen molar-refractivity contribution < 1.29 is 4.79 Å². The van der Waals surface area contributed by atoms with Gasteiger partial charge >= 0.3 is 0 Å². The molecule has 23 heavy (non-hydrogen) atoms. The van der Waals surface area contributed by atoms with E-state index in [1.807, 2.05) is 61.5 Å². The molecule has 0 N–H and O–H groups in total. The molecule has 0 saturated heterocycles. The van der Waals surface area contributed by atoms with Crippen LogP contribution in [0.1, 0.15) is 36.5 Å². The summed E-state index contributed by atoms with van der Waals surface area (Å²) < 4.78 is 0. The highest BCUT2D eigenvalue weighted by atomic mass is 16.1. The zero-order valence-corrected chi connectivity index (χ0v) is 14.1. The third kappa shape index (κ3) is 2.56. The van der Waals surface area contributed by atoms with E-state index in [-0.39, 0.29) is 17.2 Å². The van der Waals surface area contributed by atoms with Crippen molar-refractivity contribution in [2.45, 2.75) is 25.2 Å². The standard InChI is InChI=1S/C20H22N2O/c1-20(2)16-13-9-8-12-15(16)17(14-10-6-5-7-11-14)18(23)21-19(20)22(3)4/h5-13,17H,1-4H3. The average Bonchev–Trinajstić information content (AvgIpc) is 2.62. The lowest BCUT2D eigenvalue weighted by molar-refractivity contribution is -0.118. The number of likely N-dealkylation sites (N-methyl/N-ethyl adjacent to an activating group) is 1. The fraction of sp³-hybridized carbons (Fsp3) is 0.300. The number of carbonyl (C=O) groups is 1. The first-order valence-corrected chi connectivity index (χ1v) is 7.87. The van der Waals surface area contributed by atoms with Crippen LogP contribution in [0.15, 0.2) is 59.6 Å². The van der Waals surface area contributed by atoms with Crippen LogP contribution >= 0.6 is 0 Å². The third-order valence-corrected chi connectivity index (χ3v) is 4.52. The highest BCUT2D eigenvalue weighted by Gasteiger charge is 2.38. The lowest BCUT2D eigenvalue weighted by Gasteiger charge is -2.31. The predicted molar refractivity (Wildman–Crippen MR) is 93.9 cm³/mol. The molecular weight excluding hydrogens is 284 g/mol. The van der Waals surface area contributed by atoms with Gasteiger partial charge in [0.2, 0.25) is 0 Å². The second-order valence-electron chi connectivity index (χ2n) is 6.72. The molecule has 1 aliphatic rings. The van der Waals surface area contributed by atoms with Crippen molar-refractivity contribution in [1.29, 1.82) is 0 Å². The molecule has 1 atom stereocenters. The van der Waals surface area contributed by atoms with Crippen molar-refractivity contribution in [1.82, 2.24) is 4.90 Å². The van der Waals surface area contributed by atoms with Crippen LogP contribution in [0.5, 0.6) is 0 Å². The maximum Gasteiger partial charge on any atom is 0.259 e. The molecule has 3 heteroatoms. The van der Waals surface area contributed by atoms with E-state index in [1.54, 1.807) is 0 Å². The first kappa shape index (κ1) is 15.5. The fourth-order valence-electron chi connectivity index (χ4n) is 3.51. The minimum atomic E-state index is -0.343. The number of hydrogen-bond donors (Lipinski definition) is 0. The van der Waals surface area contributed by atoms with Gasteiger partial charge in [-0.05, 0) is 30.5 Å². The van der Waals surface area contributed by atoms with E-state index in [0.29, 0.717) is 0 Å². The number of hydrogen-bond acceptors (Lipinski definition) is 2. The minimum Gasteiger partial charge on any atom is -0.365 e. The van der Waals surface area contributed by atoms with E-state index in [0.717, 1.165) is 22.5 Å². The Labute approximate surface area is 137 Å². The molecule has 1 amide bonds. The lowest BCUT2D eigenvalue weighted by Crippen LogP contribution is -2.39. The van der Waals surface area contributed by atoms with Crippen molar-refractivity contribution in [3.8, 4) is 0 Å². The Morgan fingerprint density at radius 3 is 2.22 bits per heavy atom. The molecular formula is C20H22N2O. The van der Waals surface area contributed by atoms with Gasteiger partial charge < -0.3 is 4.90 Å². The highest BCUT2D eigenvalue weighted by Crippen LogP contribution is 2.39. The number of amides is 1. The van der Waals surface area contributed by atoms with Crippen LogP contribution in [0, 0.1) is 0 Å². The second-order valence-corrected chi connectivity index (χ2v) is 6.72. The van der Waals surface area contributed by atoms with Crippen molar-refractivity contribution in [3.05, 3.63) is 71.3 Å². The molecule has 1 aliphatic heterocycles. The Hall–Kier alpha value is -2.42. The minimum absolute atomic E-state index is 0.0991. The van der Waals surface area contributed by atoms with Gasteiger partial charge in [0.1, 0.15) is 5.84 Å². The predicted octanol–water partition coefficient (Wildman–Crippen LogP) is 3.60. The maximum atomic E-state index is 13.0. The van der Waals surface area contributed by atoms with Crippen molar-refractivity contribution in [3.63, 3.8) is 0 Å². The van der Waals surface area contributed by atoms with E-state index >= 15 is 0 Å². The third-order valence-electron chi connectivity index (χ3n) is 4.52. The summed E-state index contributed by atoms with van der Waals surface area (Å²) in [4.78, 5) is 19.4. The summed E-state index contributed by atoms with van der Waals surface area (Å²) >= 11 is 0. The van der Waals surface area contributed by atoms with E-state index in [2.05, 4.69) is 31.0 Å². The highest BCUT2D eigenvalue weighted by molar-refractivity contribution is 6.05. The van der Waals surface area contributed by atoms with Crippen molar-refractivity contribution >= 4 is 11.7 Å². The zero-order chi connectivity index (χ0) is 16.6. The van der Waals surface area contributed by atoms with Crippen LogP contribution in [-0.2, 0) is 10.2 Å². The SMILES string of the molecule is CN(C)C1=NC(=O)C(c2ccccc2)c2ccccc2C1(C)C. The monoisotopic (exact) mass is 306 g/mol. The van der Waals surface area contributed by atoms with Crippen LogP contribution < -0.4 is 0 Å². The molecule has 3 rings (SSSR count). The van der Waals surface area contributed by atoms with Gasteiger partial charge in [-0.3, -0.25) is 4.79 Å². The number of nitrogens with zero attached hydrogens (tertiary/aromatic N) is 2. The summed E-state index contributed by atoms with van der Waals surface area (Å²) in [6, 6.07) is 18.1. The number of carbonyl (C=O) groups excluding carboxylic acids is 1. The molecule has 0 fully saturated rings. The summed E-state index contributed by atoms with van der Waals surface area (Å²) in [6.07, 6.45) is 0. The van der Waals surface area contributed by atoms with Gasteiger partial charge in [0.15, 0.2) is 0 Å². The number of rotatable bonds is 1. The molecule has 118 valence electrons. The average molecular weight is 306 g/mol. The summed E-state index contributed by atoms with van der Waals surface area (Å²) in [7, 11) is 3.89. The quantitative estimate of drug-likeness (QED) is 0.806. The molecule has 2 aromatic carbocycles. The number of amidine groups is 1. The van der Waals surface area contributed by atoms with Crippen LogP contribution in [0.25, 0.3) is 0 Å². The Balaban J connectivity index is 2.29. The smallest absolute Gasteiger partial charge is 0.259 e. The maximum absolute atomic E-state index is 13.0. The van der Waals surface area contributed by atoms with Crippen LogP contribution in [-0.4, -0.2) is 30.7 Å². The summed E-state index contributed by atoms with van der Waals surface area (Å²) in [5.74, 6) is 0.357. The molecule has 0 saturated carbocycles. The Kier molecular flexibility index (Phi) is 3.80. The Bertz CT molecular complexity index is 760.